The van der Waals surface area contributed by atoms with E-state index in [1.807, 2.05) is 78.9 Å². The fourth-order valence-electron chi connectivity index (χ4n) is 3.64. The number of carbonyl (C=O) groups is 2. The van der Waals surface area contributed by atoms with Gasteiger partial charge >= 0.3 is 0 Å². The van der Waals surface area contributed by atoms with Crippen LogP contribution in [-0.2, 0) is 22.6 Å². The molecule has 0 saturated carbocycles. The molecule has 0 bridgehead atoms. The second-order valence-corrected chi connectivity index (χ2v) is 10.4. The Morgan fingerprint density at radius 2 is 1.71 bits per heavy atom. The Morgan fingerprint density at radius 1 is 1.00 bits per heavy atom. The minimum absolute atomic E-state index is 0.0267. The van der Waals surface area contributed by atoms with E-state index in [1.54, 1.807) is 23.7 Å². The predicted molar refractivity (Wildman–Crippen MR) is 144 cm³/mol. The van der Waals surface area contributed by atoms with Gasteiger partial charge in [-0.15, -0.1) is 11.8 Å². The maximum absolute atomic E-state index is 13.4. The van der Waals surface area contributed by atoms with Gasteiger partial charge in [0.2, 0.25) is 11.8 Å². The van der Waals surface area contributed by atoms with E-state index in [2.05, 4.69) is 21.2 Å². The van der Waals surface area contributed by atoms with Crippen molar-refractivity contribution in [1.29, 1.82) is 0 Å². The number of nitrogens with zero attached hydrogens (tertiary/aromatic N) is 1. The Labute approximate surface area is 219 Å². The maximum atomic E-state index is 13.4. The Morgan fingerprint density at radius 3 is 2.38 bits per heavy atom. The molecule has 1 N–H and O–H groups in total. The molecule has 0 aliphatic rings. The molecule has 1 atom stereocenters. The van der Waals surface area contributed by atoms with Crippen molar-refractivity contribution in [2.45, 2.75) is 36.7 Å². The first-order chi connectivity index (χ1) is 16.5. The fraction of sp³-hybridized carbons (Fsp3) is 0.259. The summed E-state index contributed by atoms with van der Waals surface area (Å²) in [6.45, 7) is 0.369. The van der Waals surface area contributed by atoms with Crippen molar-refractivity contribution in [1.82, 2.24) is 10.2 Å². The highest BCUT2D eigenvalue weighted by molar-refractivity contribution is 9.10. The van der Waals surface area contributed by atoms with Crippen LogP contribution in [0.2, 0.25) is 5.02 Å². The molecule has 178 valence electrons. The number of hydrogen-bond donors (Lipinski definition) is 1. The predicted octanol–water partition coefficient (Wildman–Crippen LogP) is 6.36. The van der Waals surface area contributed by atoms with E-state index in [9.17, 15) is 9.59 Å². The lowest BCUT2D eigenvalue weighted by atomic mass is 10.0. The molecule has 0 aliphatic heterocycles. The standard InChI is InChI=1S/C27H28BrClN2O2S/c1-30-27(33)25(18-20-7-3-2-4-8-20)31(19-21-9-5-10-22(28)17-21)26(32)11-6-16-34-24-14-12-23(29)13-15-24/h2-5,7-10,12-15,17,25H,6,11,16,18-19H2,1H3,(H,30,33)/t25-/m1/s1. The third kappa shape index (κ3) is 8.19. The van der Waals surface area contributed by atoms with E-state index in [1.165, 1.54) is 0 Å². The topological polar surface area (TPSA) is 49.4 Å². The highest BCUT2D eigenvalue weighted by Gasteiger charge is 2.29. The molecule has 0 aliphatic carbocycles. The molecule has 0 unspecified atom stereocenters. The number of halogens is 2. The first-order valence-corrected chi connectivity index (χ1v) is 13.3. The summed E-state index contributed by atoms with van der Waals surface area (Å²) in [5.74, 6) is 0.616. The van der Waals surface area contributed by atoms with Crippen LogP contribution in [0.25, 0.3) is 0 Å². The van der Waals surface area contributed by atoms with E-state index < -0.39 is 6.04 Å². The number of hydrogen-bond acceptors (Lipinski definition) is 3. The Hall–Kier alpha value is -2.28. The Balaban J connectivity index is 1.74. The smallest absolute Gasteiger partial charge is 0.242 e. The van der Waals surface area contributed by atoms with Gasteiger partial charge in [-0.1, -0.05) is 70.0 Å². The van der Waals surface area contributed by atoms with Crippen LogP contribution >= 0.6 is 39.3 Å². The quantitative estimate of drug-likeness (QED) is 0.220. The monoisotopic (exact) mass is 558 g/mol. The van der Waals surface area contributed by atoms with Gasteiger partial charge in [-0.05, 0) is 59.7 Å². The lowest BCUT2D eigenvalue weighted by Crippen LogP contribution is -2.49. The van der Waals surface area contributed by atoms with E-state index in [-0.39, 0.29) is 11.8 Å². The summed E-state index contributed by atoms with van der Waals surface area (Å²) in [6.07, 6.45) is 1.55. The van der Waals surface area contributed by atoms with Gasteiger partial charge in [0.1, 0.15) is 6.04 Å². The first-order valence-electron chi connectivity index (χ1n) is 11.1. The van der Waals surface area contributed by atoms with Crippen molar-refractivity contribution >= 4 is 51.1 Å². The molecule has 0 aromatic heterocycles. The van der Waals surface area contributed by atoms with Gasteiger partial charge < -0.3 is 10.2 Å². The van der Waals surface area contributed by atoms with Crippen LogP contribution < -0.4 is 5.32 Å². The zero-order chi connectivity index (χ0) is 24.3. The van der Waals surface area contributed by atoms with Crippen molar-refractivity contribution in [2.75, 3.05) is 12.8 Å². The van der Waals surface area contributed by atoms with Crippen LogP contribution in [0.4, 0.5) is 0 Å². The molecule has 2 amide bonds. The van der Waals surface area contributed by atoms with Gasteiger partial charge in [-0.3, -0.25) is 9.59 Å². The summed E-state index contributed by atoms with van der Waals surface area (Å²) in [4.78, 5) is 29.2. The van der Waals surface area contributed by atoms with E-state index in [0.717, 1.165) is 26.2 Å². The second-order valence-electron chi connectivity index (χ2n) is 7.88. The van der Waals surface area contributed by atoms with Crippen LogP contribution in [0.1, 0.15) is 24.0 Å². The van der Waals surface area contributed by atoms with Gasteiger partial charge in [0.05, 0.1) is 0 Å². The number of likely N-dealkylation sites (N-methyl/N-ethyl adjacent to an activating group) is 1. The number of carbonyl (C=O) groups excluding carboxylic acids is 2. The number of thioether (sulfide) groups is 1. The van der Waals surface area contributed by atoms with E-state index in [0.29, 0.717) is 30.8 Å². The molecule has 0 spiro atoms. The number of nitrogens with one attached hydrogen (secondary N) is 1. The van der Waals surface area contributed by atoms with Crippen molar-refractivity contribution in [2.24, 2.45) is 0 Å². The molecule has 3 aromatic rings. The summed E-state index contributed by atoms with van der Waals surface area (Å²) in [5, 5.41) is 3.46. The van der Waals surface area contributed by atoms with Gasteiger partial charge in [0.25, 0.3) is 0 Å². The van der Waals surface area contributed by atoms with Crippen molar-refractivity contribution in [3.05, 3.63) is 99.5 Å². The molecule has 7 heteroatoms. The van der Waals surface area contributed by atoms with Crippen LogP contribution in [0.15, 0.2) is 88.2 Å². The third-order valence-electron chi connectivity index (χ3n) is 5.38. The Kier molecular flexibility index (Phi) is 10.5. The summed E-state index contributed by atoms with van der Waals surface area (Å²) >= 11 is 11.2. The maximum Gasteiger partial charge on any atom is 0.242 e. The first kappa shape index (κ1) is 26.3. The normalized spacial score (nSPS) is 11.6. The molecule has 0 saturated heterocycles. The van der Waals surface area contributed by atoms with Crippen LogP contribution in [0, 0.1) is 0 Å². The summed E-state index contributed by atoms with van der Waals surface area (Å²) in [7, 11) is 1.62. The van der Waals surface area contributed by atoms with Crippen molar-refractivity contribution < 1.29 is 9.59 Å². The van der Waals surface area contributed by atoms with E-state index >= 15 is 0 Å². The molecule has 0 fully saturated rings. The highest BCUT2D eigenvalue weighted by Crippen LogP contribution is 2.23. The average molecular weight is 560 g/mol. The lowest BCUT2D eigenvalue weighted by molar-refractivity contribution is -0.141. The van der Waals surface area contributed by atoms with Crippen molar-refractivity contribution in [3.63, 3.8) is 0 Å². The number of benzene rings is 3. The molecular formula is C27H28BrClN2O2S. The van der Waals surface area contributed by atoms with Gasteiger partial charge in [-0.2, -0.15) is 0 Å². The summed E-state index contributed by atoms with van der Waals surface area (Å²) < 4.78 is 0.941. The summed E-state index contributed by atoms with van der Waals surface area (Å²) in [6, 6.07) is 24.8. The molecular weight excluding hydrogens is 532 g/mol. The number of rotatable bonds is 11. The second kappa shape index (κ2) is 13.6. The average Bonchev–Trinajstić information content (AvgIpc) is 2.85. The molecule has 4 nitrogen and oxygen atoms in total. The molecule has 3 rings (SSSR count). The zero-order valence-corrected chi connectivity index (χ0v) is 22.2. The molecule has 34 heavy (non-hydrogen) atoms. The van der Waals surface area contributed by atoms with Gasteiger partial charge in [0, 0.05) is 40.8 Å². The summed E-state index contributed by atoms with van der Waals surface area (Å²) in [5.41, 5.74) is 1.99. The SMILES string of the molecule is CNC(=O)[C@@H](Cc1ccccc1)N(Cc1cccc(Br)c1)C(=O)CCCSc1ccc(Cl)cc1. The van der Waals surface area contributed by atoms with E-state index in [4.69, 9.17) is 11.6 Å². The highest BCUT2D eigenvalue weighted by atomic mass is 79.9. The minimum Gasteiger partial charge on any atom is -0.357 e. The number of amides is 2. The zero-order valence-electron chi connectivity index (χ0n) is 19.0. The molecule has 3 aromatic carbocycles. The lowest BCUT2D eigenvalue weighted by Gasteiger charge is -2.31. The van der Waals surface area contributed by atoms with Gasteiger partial charge in [-0.25, -0.2) is 0 Å². The van der Waals surface area contributed by atoms with Gasteiger partial charge in [0.15, 0.2) is 0 Å². The third-order valence-corrected chi connectivity index (χ3v) is 7.22. The van der Waals surface area contributed by atoms with Crippen LogP contribution in [0.5, 0.6) is 0 Å². The fourth-order valence-corrected chi connectivity index (χ4v) is 5.07. The van der Waals surface area contributed by atoms with Crippen LogP contribution in [0.3, 0.4) is 0 Å². The molecule has 0 radical (unpaired) electrons. The van der Waals surface area contributed by atoms with Crippen molar-refractivity contribution in [3.8, 4) is 0 Å². The Bertz CT molecular complexity index is 1080. The minimum atomic E-state index is -0.595. The largest absolute Gasteiger partial charge is 0.357 e. The molecule has 0 heterocycles. The van der Waals surface area contributed by atoms with Crippen LogP contribution in [-0.4, -0.2) is 35.6 Å².